The lowest BCUT2D eigenvalue weighted by atomic mass is 9.82. The van der Waals surface area contributed by atoms with Crippen molar-refractivity contribution in [3.8, 4) is 0 Å². The van der Waals surface area contributed by atoms with Crippen LogP contribution in [0.15, 0.2) is 48.5 Å². The summed E-state index contributed by atoms with van der Waals surface area (Å²) < 4.78 is 13.7. The van der Waals surface area contributed by atoms with Gasteiger partial charge in [-0.05, 0) is 30.0 Å². The predicted octanol–water partition coefficient (Wildman–Crippen LogP) is 3.54. The van der Waals surface area contributed by atoms with E-state index in [1.54, 1.807) is 6.07 Å². The van der Waals surface area contributed by atoms with E-state index in [4.69, 9.17) is 5.73 Å². The lowest BCUT2D eigenvalue weighted by Crippen LogP contribution is -2.38. The highest BCUT2D eigenvalue weighted by Gasteiger charge is 2.26. The largest absolute Gasteiger partial charge is 0.321 e. The summed E-state index contributed by atoms with van der Waals surface area (Å²) in [6.45, 7) is 1.97. The Morgan fingerprint density at radius 1 is 1.24 bits per heavy atom. The summed E-state index contributed by atoms with van der Waals surface area (Å²) in [7, 11) is 0. The fourth-order valence-electron chi connectivity index (χ4n) is 2.37. The molecular formula is C16H17FN2O2. The van der Waals surface area contributed by atoms with Crippen LogP contribution in [0.1, 0.15) is 24.5 Å². The third-order valence-corrected chi connectivity index (χ3v) is 3.71. The van der Waals surface area contributed by atoms with Crippen molar-refractivity contribution in [1.82, 2.24) is 0 Å². The van der Waals surface area contributed by atoms with Crippen LogP contribution in [0.3, 0.4) is 0 Å². The second-order valence-corrected chi connectivity index (χ2v) is 5.10. The van der Waals surface area contributed by atoms with Crippen molar-refractivity contribution >= 4 is 5.69 Å². The van der Waals surface area contributed by atoms with Gasteiger partial charge in [-0.15, -0.1) is 0 Å². The third kappa shape index (κ3) is 3.25. The maximum Gasteiger partial charge on any atom is 0.304 e. The molecule has 0 saturated carbocycles. The van der Waals surface area contributed by atoms with Gasteiger partial charge < -0.3 is 5.73 Å². The molecule has 0 aliphatic rings. The van der Waals surface area contributed by atoms with Crippen molar-refractivity contribution in [2.24, 2.45) is 5.73 Å². The Morgan fingerprint density at radius 3 is 2.43 bits per heavy atom. The zero-order valence-corrected chi connectivity index (χ0v) is 11.8. The van der Waals surface area contributed by atoms with Crippen LogP contribution >= 0.6 is 0 Å². The van der Waals surface area contributed by atoms with Crippen molar-refractivity contribution in [2.75, 3.05) is 0 Å². The highest BCUT2D eigenvalue weighted by molar-refractivity contribution is 5.37. The molecule has 5 heteroatoms. The van der Waals surface area contributed by atoms with Gasteiger partial charge in [-0.25, -0.2) is 0 Å². The average molecular weight is 288 g/mol. The van der Waals surface area contributed by atoms with E-state index in [0.29, 0.717) is 18.4 Å². The number of nitro groups is 1. The van der Waals surface area contributed by atoms with Crippen LogP contribution in [-0.2, 0) is 12.0 Å². The topological polar surface area (TPSA) is 69.2 Å². The Balaban J connectivity index is 2.31. The molecule has 0 aromatic heterocycles. The van der Waals surface area contributed by atoms with Crippen LogP contribution < -0.4 is 5.73 Å². The molecular weight excluding hydrogens is 271 g/mol. The highest BCUT2D eigenvalue weighted by atomic mass is 19.1. The monoisotopic (exact) mass is 288 g/mol. The molecule has 0 aliphatic heterocycles. The summed E-state index contributed by atoms with van der Waals surface area (Å²) in [4.78, 5) is 9.91. The molecule has 1 atom stereocenters. The van der Waals surface area contributed by atoms with E-state index in [0.717, 1.165) is 5.56 Å². The summed E-state index contributed by atoms with van der Waals surface area (Å²) in [6, 6.07) is 13.5. The Kier molecular flexibility index (Phi) is 4.33. The number of nitro benzene ring substituents is 1. The molecule has 0 aliphatic carbocycles. The third-order valence-electron chi connectivity index (χ3n) is 3.71. The number of halogens is 1. The van der Waals surface area contributed by atoms with Crippen molar-refractivity contribution in [3.63, 3.8) is 0 Å². The molecule has 1 unspecified atom stereocenters. The Hall–Kier alpha value is -2.27. The van der Waals surface area contributed by atoms with Gasteiger partial charge in [0.1, 0.15) is 0 Å². The molecule has 0 spiro atoms. The number of benzene rings is 2. The Labute approximate surface area is 122 Å². The van der Waals surface area contributed by atoms with E-state index in [1.807, 2.05) is 37.3 Å². The van der Waals surface area contributed by atoms with Gasteiger partial charge in [0, 0.05) is 11.6 Å². The molecule has 2 aromatic carbocycles. The molecule has 0 fully saturated rings. The summed E-state index contributed by atoms with van der Waals surface area (Å²) in [5.41, 5.74) is 6.91. The minimum atomic E-state index is -0.830. The van der Waals surface area contributed by atoms with Crippen molar-refractivity contribution in [1.29, 1.82) is 0 Å². The number of rotatable bonds is 5. The smallest absolute Gasteiger partial charge is 0.304 e. The van der Waals surface area contributed by atoms with E-state index in [-0.39, 0.29) is 0 Å². The van der Waals surface area contributed by atoms with Gasteiger partial charge in [-0.1, -0.05) is 43.3 Å². The van der Waals surface area contributed by atoms with Crippen molar-refractivity contribution in [3.05, 3.63) is 75.6 Å². The first-order valence-electron chi connectivity index (χ1n) is 6.73. The minimum Gasteiger partial charge on any atom is -0.321 e. The molecule has 0 heterocycles. The van der Waals surface area contributed by atoms with Crippen LogP contribution in [0.2, 0.25) is 0 Å². The average Bonchev–Trinajstić information content (AvgIpc) is 2.47. The molecule has 0 amide bonds. The van der Waals surface area contributed by atoms with Crippen LogP contribution in [0.5, 0.6) is 0 Å². The van der Waals surface area contributed by atoms with Crippen LogP contribution in [0, 0.1) is 15.9 Å². The Morgan fingerprint density at radius 2 is 1.90 bits per heavy atom. The van der Waals surface area contributed by atoms with Gasteiger partial charge in [0.05, 0.1) is 4.92 Å². The summed E-state index contributed by atoms with van der Waals surface area (Å²) >= 11 is 0. The van der Waals surface area contributed by atoms with Crippen molar-refractivity contribution in [2.45, 2.75) is 25.3 Å². The van der Waals surface area contributed by atoms with Gasteiger partial charge in [-0.2, -0.15) is 4.39 Å². The summed E-state index contributed by atoms with van der Waals surface area (Å²) in [5, 5.41) is 10.6. The molecule has 4 nitrogen and oxygen atoms in total. The van der Waals surface area contributed by atoms with Gasteiger partial charge in [-0.3, -0.25) is 10.1 Å². The molecule has 2 rings (SSSR count). The quantitative estimate of drug-likeness (QED) is 0.675. The van der Waals surface area contributed by atoms with Gasteiger partial charge in [0.2, 0.25) is 5.82 Å². The molecule has 110 valence electrons. The number of hydrogen-bond acceptors (Lipinski definition) is 3. The maximum absolute atomic E-state index is 13.7. The molecule has 2 aromatic rings. The van der Waals surface area contributed by atoms with Crippen LogP contribution in [0.4, 0.5) is 10.1 Å². The van der Waals surface area contributed by atoms with Gasteiger partial charge in [0.15, 0.2) is 0 Å². The second-order valence-electron chi connectivity index (χ2n) is 5.10. The standard InChI is InChI=1S/C16H17FN2O2/c1-2-16(18,13-6-4-3-5-7-13)11-12-8-9-15(19(20)21)14(17)10-12/h3-10H,2,11,18H2,1H3. The van der Waals surface area contributed by atoms with E-state index in [9.17, 15) is 14.5 Å². The highest BCUT2D eigenvalue weighted by Crippen LogP contribution is 2.28. The first kappa shape index (κ1) is 15.1. The zero-order chi connectivity index (χ0) is 15.5. The first-order valence-corrected chi connectivity index (χ1v) is 6.73. The maximum atomic E-state index is 13.7. The number of nitrogens with two attached hydrogens (primary N) is 1. The molecule has 2 N–H and O–H groups in total. The normalized spacial score (nSPS) is 13.7. The second kappa shape index (κ2) is 6.01. The zero-order valence-electron chi connectivity index (χ0n) is 11.8. The van der Waals surface area contributed by atoms with Crippen LogP contribution in [0.25, 0.3) is 0 Å². The number of nitrogens with zero attached hydrogens (tertiary/aromatic N) is 1. The minimum absolute atomic E-state index is 0.419. The fourth-order valence-corrected chi connectivity index (χ4v) is 2.37. The molecule has 0 bridgehead atoms. The lowest BCUT2D eigenvalue weighted by Gasteiger charge is -2.29. The molecule has 0 saturated heterocycles. The van der Waals surface area contributed by atoms with E-state index in [2.05, 4.69) is 0 Å². The van der Waals surface area contributed by atoms with E-state index < -0.39 is 22.0 Å². The predicted molar refractivity (Wildman–Crippen MR) is 79.4 cm³/mol. The first-order chi connectivity index (χ1) is 9.96. The number of hydrogen-bond donors (Lipinski definition) is 1. The Bertz CT molecular complexity index is 646. The van der Waals surface area contributed by atoms with Crippen LogP contribution in [-0.4, -0.2) is 4.92 Å². The summed E-state index contributed by atoms with van der Waals surface area (Å²) in [6.07, 6.45) is 1.10. The van der Waals surface area contributed by atoms with Gasteiger partial charge in [0.25, 0.3) is 0 Å². The summed E-state index contributed by atoms with van der Waals surface area (Å²) in [5.74, 6) is -0.830. The molecule has 0 radical (unpaired) electrons. The van der Waals surface area contributed by atoms with E-state index >= 15 is 0 Å². The molecule has 21 heavy (non-hydrogen) atoms. The van der Waals surface area contributed by atoms with Gasteiger partial charge >= 0.3 is 5.69 Å². The SMILES string of the molecule is CCC(N)(Cc1ccc([N+](=O)[O-])c(F)c1)c1ccccc1. The fraction of sp³-hybridized carbons (Fsp3) is 0.250. The lowest BCUT2D eigenvalue weighted by molar-refractivity contribution is -0.387. The van der Waals surface area contributed by atoms with Crippen molar-refractivity contribution < 1.29 is 9.31 Å². The van der Waals surface area contributed by atoms with E-state index in [1.165, 1.54) is 12.1 Å².